The molecule has 10 nitrogen and oxygen atoms in total. The molecule has 200 valence electrons. The van der Waals surface area contributed by atoms with Gasteiger partial charge in [-0.2, -0.15) is 0 Å². The smallest absolute Gasteiger partial charge is 0.338 e. The van der Waals surface area contributed by atoms with Gasteiger partial charge in [0.2, 0.25) is 0 Å². The highest BCUT2D eigenvalue weighted by Crippen LogP contribution is 2.42. The number of ether oxygens (including phenoxy) is 2. The Morgan fingerprint density at radius 2 is 1.66 bits per heavy atom. The predicted octanol–water partition coefficient (Wildman–Crippen LogP) is 3.54. The third kappa shape index (κ3) is 5.32. The zero-order chi connectivity index (χ0) is 27.4. The number of carbonyl (C=O) groups excluding carboxylic acids is 2. The second kappa shape index (κ2) is 11.6. The number of nitro groups is 1. The molecule has 0 spiro atoms. The van der Waals surface area contributed by atoms with E-state index in [-0.39, 0.29) is 28.4 Å². The van der Waals surface area contributed by atoms with E-state index in [9.17, 15) is 19.7 Å². The first-order valence-corrected chi connectivity index (χ1v) is 12.5. The summed E-state index contributed by atoms with van der Waals surface area (Å²) < 4.78 is 11.0. The summed E-state index contributed by atoms with van der Waals surface area (Å²) >= 11 is 0. The van der Waals surface area contributed by atoms with E-state index < -0.39 is 29.0 Å². The van der Waals surface area contributed by atoms with Crippen LogP contribution in [0.4, 0.5) is 5.69 Å². The van der Waals surface area contributed by atoms with Crippen molar-refractivity contribution in [1.29, 1.82) is 0 Å². The van der Waals surface area contributed by atoms with Gasteiger partial charge in [-0.25, -0.2) is 9.59 Å². The van der Waals surface area contributed by atoms with E-state index in [0.717, 1.165) is 12.1 Å². The highest BCUT2D eigenvalue weighted by atomic mass is 16.6. The standard InChI is InChI=1S/C28H32N4O6/c1-17-24(27(33)37-4)26(21-12-8-9-13-22(21)32(35)36)25(18(2)30-17)28(34)38-19(3)31-15-14-29-16-23(31)20-10-6-5-7-11-20/h5-13,19,23,26,29-30H,14-16H2,1-4H3. The van der Waals surface area contributed by atoms with E-state index in [1.807, 2.05) is 37.3 Å². The first-order valence-electron chi connectivity index (χ1n) is 12.5. The van der Waals surface area contributed by atoms with Crippen LogP contribution < -0.4 is 10.6 Å². The molecule has 0 radical (unpaired) electrons. The number of nitrogens with one attached hydrogen (secondary N) is 2. The normalized spacial score (nSPS) is 20.9. The van der Waals surface area contributed by atoms with Crippen LogP contribution in [-0.2, 0) is 19.1 Å². The molecule has 0 aromatic heterocycles. The second-order valence-electron chi connectivity index (χ2n) is 9.32. The van der Waals surface area contributed by atoms with E-state index in [1.165, 1.54) is 13.2 Å². The lowest BCUT2D eigenvalue weighted by Crippen LogP contribution is -2.51. The van der Waals surface area contributed by atoms with Gasteiger partial charge in [-0.05, 0) is 26.3 Å². The van der Waals surface area contributed by atoms with Crippen molar-refractivity contribution in [2.45, 2.75) is 39.0 Å². The highest BCUT2D eigenvalue weighted by molar-refractivity contribution is 6.00. The van der Waals surface area contributed by atoms with Gasteiger partial charge < -0.3 is 20.1 Å². The van der Waals surface area contributed by atoms with Crippen LogP contribution in [0.25, 0.3) is 0 Å². The third-order valence-corrected chi connectivity index (χ3v) is 7.04. The molecule has 1 saturated heterocycles. The van der Waals surface area contributed by atoms with E-state index in [2.05, 4.69) is 15.5 Å². The highest BCUT2D eigenvalue weighted by Gasteiger charge is 2.41. The lowest BCUT2D eigenvalue weighted by Gasteiger charge is -2.40. The van der Waals surface area contributed by atoms with Crippen molar-refractivity contribution in [3.05, 3.63) is 98.4 Å². The molecule has 0 bridgehead atoms. The molecule has 3 unspecified atom stereocenters. The number of rotatable bonds is 7. The third-order valence-electron chi connectivity index (χ3n) is 7.04. The van der Waals surface area contributed by atoms with Crippen LogP contribution in [0.5, 0.6) is 0 Å². The second-order valence-corrected chi connectivity index (χ2v) is 9.32. The summed E-state index contributed by atoms with van der Waals surface area (Å²) in [6.45, 7) is 7.27. The Morgan fingerprint density at radius 3 is 2.32 bits per heavy atom. The fraction of sp³-hybridized carbons (Fsp3) is 0.357. The summed E-state index contributed by atoms with van der Waals surface area (Å²) in [5.74, 6) is -2.39. The Kier molecular flexibility index (Phi) is 8.23. The van der Waals surface area contributed by atoms with Crippen molar-refractivity contribution in [1.82, 2.24) is 15.5 Å². The summed E-state index contributed by atoms with van der Waals surface area (Å²) in [5, 5.41) is 18.4. The molecular formula is C28H32N4O6. The molecule has 2 aromatic rings. The molecule has 38 heavy (non-hydrogen) atoms. The number of allylic oxidation sites excluding steroid dienone is 2. The molecule has 0 aliphatic carbocycles. The van der Waals surface area contributed by atoms with Gasteiger partial charge in [-0.15, -0.1) is 0 Å². The van der Waals surface area contributed by atoms with Crippen molar-refractivity contribution in [2.24, 2.45) is 0 Å². The average Bonchev–Trinajstić information content (AvgIpc) is 2.92. The Bertz CT molecular complexity index is 1290. The van der Waals surface area contributed by atoms with Crippen molar-refractivity contribution >= 4 is 17.6 Å². The van der Waals surface area contributed by atoms with Crippen LogP contribution in [0, 0.1) is 10.1 Å². The monoisotopic (exact) mass is 520 g/mol. The van der Waals surface area contributed by atoms with Crippen LogP contribution in [0.3, 0.4) is 0 Å². The fourth-order valence-electron chi connectivity index (χ4n) is 5.28. The molecule has 2 aliphatic heterocycles. The van der Waals surface area contributed by atoms with Crippen LogP contribution >= 0.6 is 0 Å². The molecule has 10 heteroatoms. The van der Waals surface area contributed by atoms with E-state index in [0.29, 0.717) is 24.5 Å². The minimum absolute atomic E-state index is 0.00825. The van der Waals surface area contributed by atoms with Crippen molar-refractivity contribution in [2.75, 3.05) is 26.7 Å². The fourth-order valence-corrected chi connectivity index (χ4v) is 5.28. The zero-order valence-corrected chi connectivity index (χ0v) is 21.9. The van der Waals surface area contributed by atoms with E-state index in [4.69, 9.17) is 9.47 Å². The maximum absolute atomic E-state index is 13.8. The number of nitrogens with zero attached hydrogens (tertiary/aromatic N) is 2. The number of dihydropyridines is 1. The SMILES string of the molecule is COC(=O)C1=C(C)NC(C)=C(C(=O)OC(C)N2CCNCC2c2ccccc2)C1c1ccccc1[N+](=O)[O-]. The molecular weight excluding hydrogens is 488 g/mol. The van der Waals surface area contributed by atoms with Crippen LogP contribution in [0.15, 0.2) is 77.1 Å². The van der Waals surface area contributed by atoms with Gasteiger partial charge in [0.1, 0.15) is 0 Å². The lowest BCUT2D eigenvalue weighted by molar-refractivity contribution is -0.385. The Balaban J connectivity index is 1.71. The Hall–Kier alpha value is -4.02. The maximum atomic E-state index is 13.8. The minimum atomic E-state index is -1.04. The quantitative estimate of drug-likeness (QED) is 0.321. The number of hydrogen-bond acceptors (Lipinski definition) is 9. The number of hydrogen-bond donors (Lipinski definition) is 2. The number of methoxy groups -OCH3 is 1. The molecule has 2 aliphatic rings. The number of piperazine rings is 1. The Labute approximate surface area is 221 Å². The van der Waals surface area contributed by atoms with Gasteiger partial charge in [0.05, 0.1) is 35.1 Å². The first-order chi connectivity index (χ1) is 18.2. The van der Waals surface area contributed by atoms with Gasteiger partial charge in [0.25, 0.3) is 5.69 Å². The van der Waals surface area contributed by atoms with Gasteiger partial charge in [0, 0.05) is 42.7 Å². The lowest BCUT2D eigenvalue weighted by atomic mass is 9.79. The molecule has 2 heterocycles. The van der Waals surface area contributed by atoms with Crippen molar-refractivity contribution in [3.8, 4) is 0 Å². The molecule has 4 rings (SSSR count). The maximum Gasteiger partial charge on any atom is 0.338 e. The minimum Gasteiger partial charge on any atom is -0.466 e. The summed E-state index contributed by atoms with van der Waals surface area (Å²) in [4.78, 5) is 40.2. The van der Waals surface area contributed by atoms with Crippen LogP contribution in [0.1, 0.15) is 43.9 Å². The van der Waals surface area contributed by atoms with Crippen LogP contribution in [0.2, 0.25) is 0 Å². The Morgan fingerprint density at radius 1 is 1.03 bits per heavy atom. The van der Waals surface area contributed by atoms with Gasteiger partial charge >= 0.3 is 11.9 Å². The van der Waals surface area contributed by atoms with Gasteiger partial charge in [-0.1, -0.05) is 48.5 Å². The van der Waals surface area contributed by atoms with E-state index >= 15 is 0 Å². The zero-order valence-electron chi connectivity index (χ0n) is 21.9. The van der Waals surface area contributed by atoms with Crippen molar-refractivity contribution in [3.63, 3.8) is 0 Å². The number of nitro benzene ring substituents is 1. The molecule has 3 atom stereocenters. The molecule has 1 fully saturated rings. The summed E-state index contributed by atoms with van der Waals surface area (Å²) in [5.41, 5.74) is 2.26. The predicted molar refractivity (Wildman–Crippen MR) is 141 cm³/mol. The van der Waals surface area contributed by atoms with E-state index in [1.54, 1.807) is 32.0 Å². The van der Waals surface area contributed by atoms with Crippen LogP contribution in [-0.4, -0.2) is 54.7 Å². The number of carbonyl (C=O) groups is 2. The molecule has 0 amide bonds. The largest absolute Gasteiger partial charge is 0.466 e. The van der Waals surface area contributed by atoms with Gasteiger partial charge in [-0.3, -0.25) is 15.0 Å². The van der Waals surface area contributed by atoms with Crippen molar-refractivity contribution < 1.29 is 24.0 Å². The average molecular weight is 521 g/mol. The summed E-state index contributed by atoms with van der Waals surface area (Å²) in [6, 6.07) is 16.1. The molecule has 2 aromatic carbocycles. The topological polar surface area (TPSA) is 123 Å². The first kappa shape index (κ1) is 27.0. The molecule has 2 N–H and O–H groups in total. The molecule has 0 saturated carbocycles. The number of para-hydroxylation sites is 1. The van der Waals surface area contributed by atoms with Gasteiger partial charge in [0.15, 0.2) is 6.23 Å². The number of benzene rings is 2. The number of esters is 2. The summed E-state index contributed by atoms with van der Waals surface area (Å²) in [7, 11) is 1.23. The summed E-state index contributed by atoms with van der Waals surface area (Å²) in [6.07, 6.45) is -0.602.